The lowest BCUT2D eigenvalue weighted by molar-refractivity contribution is 0.104. The van der Waals surface area contributed by atoms with Gasteiger partial charge in [-0.05, 0) is 30.7 Å². The highest BCUT2D eigenvalue weighted by Gasteiger charge is 2.14. The molecule has 2 atom stereocenters. The standard InChI is InChI=1S/C15H22FNO2S/c16-14-6-1-2-7-15(14)19-11-12(18)9-17-10-13-5-3-4-8-20-13/h1-2,6-7,12-13,17-18H,3-5,8-11H2. The monoisotopic (exact) mass is 299 g/mol. The van der Waals surface area contributed by atoms with Crippen molar-refractivity contribution in [3.8, 4) is 5.75 Å². The Balaban J connectivity index is 1.60. The van der Waals surface area contributed by atoms with E-state index in [1.807, 2.05) is 11.8 Å². The fourth-order valence-electron chi connectivity index (χ4n) is 2.19. The zero-order valence-electron chi connectivity index (χ0n) is 11.6. The predicted octanol–water partition coefficient (Wildman–Crippen LogP) is 2.44. The summed E-state index contributed by atoms with van der Waals surface area (Å²) >= 11 is 2.00. The average Bonchev–Trinajstić information content (AvgIpc) is 2.47. The molecule has 112 valence electrons. The molecule has 1 fully saturated rings. The van der Waals surface area contributed by atoms with Gasteiger partial charge in [-0.1, -0.05) is 18.6 Å². The van der Waals surface area contributed by atoms with Crippen molar-refractivity contribution in [2.45, 2.75) is 30.6 Å². The summed E-state index contributed by atoms with van der Waals surface area (Å²) in [5.74, 6) is 1.03. The first-order valence-corrected chi connectivity index (χ1v) is 8.18. The van der Waals surface area contributed by atoms with Gasteiger partial charge in [0.05, 0.1) is 0 Å². The van der Waals surface area contributed by atoms with Gasteiger partial charge in [0.25, 0.3) is 0 Å². The Hall–Kier alpha value is -0.780. The molecule has 1 aliphatic rings. The van der Waals surface area contributed by atoms with Gasteiger partial charge in [0, 0.05) is 18.3 Å². The summed E-state index contributed by atoms with van der Waals surface area (Å²) < 4.78 is 18.6. The van der Waals surface area contributed by atoms with Crippen molar-refractivity contribution < 1.29 is 14.2 Å². The van der Waals surface area contributed by atoms with Crippen molar-refractivity contribution in [1.29, 1.82) is 0 Å². The van der Waals surface area contributed by atoms with Crippen LogP contribution in [0.1, 0.15) is 19.3 Å². The number of nitrogens with one attached hydrogen (secondary N) is 1. The topological polar surface area (TPSA) is 41.5 Å². The third-order valence-corrected chi connectivity index (χ3v) is 4.69. The molecule has 1 aromatic carbocycles. The van der Waals surface area contributed by atoms with Crippen LogP contribution in [0.2, 0.25) is 0 Å². The first-order chi connectivity index (χ1) is 9.75. The highest BCUT2D eigenvalue weighted by Crippen LogP contribution is 2.24. The molecule has 3 nitrogen and oxygen atoms in total. The fourth-order valence-corrected chi connectivity index (χ4v) is 3.46. The number of halogens is 1. The first-order valence-electron chi connectivity index (χ1n) is 7.13. The lowest BCUT2D eigenvalue weighted by atomic mass is 10.2. The van der Waals surface area contributed by atoms with Gasteiger partial charge in [-0.3, -0.25) is 0 Å². The maximum Gasteiger partial charge on any atom is 0.165 e. The Labute approximate surface area is 123 Å². The molecular weight excluding hydrogens is 277 g/mol. The minimum absolute atomic E-state index is 0.103. The van der Waals surface area contributed by atoms with Crippen LogP contribution in [-0.2, 0) is 0 Å². The molecule has 1 saturated heterocycles. The second-order valence-electron chi connectivity index (χ2n) is 5.04. The highest BCUT2D eigenvalue weighted by molar-refractivity contribution is 7.99. The molecule has 5 heteroatoms. The summed E-state index contributed by atoms with van der Waals surface area (Å²) in [6.07, 6.45) is 3.25. The number of aliphatic hydroxyl groups excluding tert-OH is 1. The SMILES string of the molecule is OC(CNCC1CCCCS1)COc1ccccc1F. The highest BCUT2D eigenvalue weighted by atomic mass is 32.2. The second-order valence-corrected chi connectivity index (χ2v) is 6.45. The maximum absolute atomic E-state index is 13.3. The summed E-state index contributed by atoms with van der Waals surface area (Å²) in [7, 11) is 0. The number of benzene rings is 1. The van der Waals surface area contributed by atoms with Gasteiger partial charge in [0.1, 0.15) is 12.7 Å². The predicted molar refractivity (Wildman–Crippen MR) is 80.9 cm³/mol. The van der Waals surface area contributed by atoms with E-state index in [1.165, 1.54) is 31.1 Å². The molecular formula is C15H22FNO2S. The van der Waals surface area contributed by atoms with E-state index in [2.05, 4.69) is 5.32 Å². The van der Waals surface area contributed by atoms with Crippen molar-refractivity contribution in [3.63, 3.8) is 0 Å². The Morgan fingerprint density at radius 3 is 3.00 bits per heavy atom. The van der Waals surface area contributed by atoms with Gasteiger partial charge in [0.2, 0.25) is 0 Å². The van der Waals surface area contributed by atoms with Crippen LogP contribution in [0.25, 0.3) is 0 Å². The third kappa shape index (κ3) is 5.31. The average molecular weight is 299 g/mol. The van der Waals surface area contributed by atoms with E-state index in [4.69, 9.17) is 4.74 Å². The summed E-state index contributed by atoms with van der Waals surface area (Å²) in [5.41, 5.74) is 0. The Kier molecular flexibility index (Phi) is 6.63. The molecule has 0 bridgehead atoms. The van der Waals surface area contributed by atoms with Crippen LogP contribution in [-0.4, -0.2) is 41.9 Å². The number of rotatable bonds is 7. The maximum atomic E-state index is 13.3. The summed E-state index contributed by atoms with van der Waals surface area (Å²) in [6, 6.07) is 6.24. The van der Waals surface area contributed by atoms with Gasteiger partial charge in [0.15, 0.2) is 11.6 Å². The molecule has 0 spiro atoms. The molecule has 1 aliphatic heterocycles. The quantitative estimate of drug-likeness (QED) is 0.811. The number of para-hydroxylation sites is 1. The van der Waals surface area contributed by atoms with E-state index in [-0.39, 0.29) is 12.4 Å². The number of ether oxygens (including phenoxy) is 1. The van der Waals surface area contributed by atoms with E-state index < -0.39 is 11.9 Å². The Morgan fingerprint density at radius 1 is 1.40 bits per heavy atom. The van der Waals surface area contributed by atoms with Crippen LogP contribution < -0.4 is 10.1 Å². The van der Waals surface area contributed by atoms with E-state index in [0.717, 1.165) is 6.54 Å². The number of thioether (sulfide) groups is 1. The van der Waals surface area contributed by atoms with E-state index in [0.29, 0.717) is 11.8 Å². The van der Waals surface area contributed by atoms with Crippen LogP contribution >= 0.6 is 11.8 Å². The van der Waals surface area contributed by atoms with Gasteiger partial charge in [-0.15, -0.1) is 0 Å². The van der Waals surface area contributed by atoms with E-state index in [9.17, 15) is 9.50 Å². The lowest BCUT2D eigenvalue weighted by Crippen LogP contribution is -2.35. The summed E-state index contributed by atoms with van der Waals surface area (Å²) in [6.45, 7) is 1.50. The molecule has 2 unspecified atom stereocenters. The van der Waals surface area contributed by atoms with Crippen molar-refractivity contribution >= 4 is 11.8 Å². The van der Waals surface area contributed by atoms with E-state index >= 15 is 0 Å². The number of hydrogen-bond donors (Lipinski definition) is 2. The van der Waals surface area contributed by atoms with Gasteiger partial charge in [-0.2, -0.15) is 11.8 Å². The van der Waals surface area contributed by atoms with Crippen molar-refractivity contribution in [1.82, 2.24) is 5.32 Å². The summed E-state index contributed by atoms with van der Waals surface area (Å²) in [4.78, 5) is 0. The third-order valence-electron chi connectivity index (χ3n) is 3.29. The van der Waals surface area contributed by atoms with Crippen LogP contribution in [0.4, 0.5) is 4.39 Å². The van der Waals surface area contributed by atoms with Gasteiger partial charge >= 0.3 is 0 Å². The van der Waals surface area contributed by atoms with Crippen molar-refractivity contribution in [3.05, 3.63) is 30.1 Å². The lowest BCUT2D eigenvalue weighted by Gasteiger charge is -2.22. The van der Waals surface area contributed by atoms with Crippen molar-refractivity contribution in [2.75, 3.05) is 25.4 Å². The molecule has 0 aromatic heterocycles. The molecule has 2 N–H and O–H groups in total. The zero-order valence-corrected chi connectivity index (χ0v) is 12.4. The normalized spacial score (nSPS) is 20.6. The Bertz CT molecular complexity index is 399. The largest absolute Gasteiger partial charge is 0.488 e. The summed E-state index contributed by atoms with van der Waals surface area (Å²) in [5, 5.41) is 13.7. The van der Waals surface area contributed by atoms with Crippen LogP contribution in [0.3, 0.4) is 0 Å². The Morgan fingerprint density at radius 2 is 2.25 bits per heavy atom. The smallest absolute Gasteiger partial charge is 0.165 e. The number of aliphatic hydroxyl groups is 1. The molecule has 0 aliphatic carbocycles. The van der Waals surface area contributed by atoms with Crippen molar-refractivity contribution in [2.24, 2.45) is 0 Å². The first kappa shape index (κ1) is 15.6. The minimum atomic E-state index is -0.622. The molecule has 20 heavy (non-hydrogen) atoms. The number of hydrogen-bond acceptors (Lipinski definition) is 4. The van der Waals surface area contributed by atoms with Crippen LogP contribution in [0.15, 0.2) is 24.3 Å². The fraction of sp³-hybridized carbons (Fsp3) is 0.600. The zero-order chi connectivity index (χ0) is 14.2. The molecule has 1 heterocycles. The van der Waals surface area contributed by atoms with E-state index in [1.54, 1.807) is 18.2 Å². The van der Waals surface area contributed by atoms with Crippen LogP contribution in [0.5, 0.6) is 5.75 Å². The second kappa shape index (κ2) is 8.49. The molecule has 2 rings (SSSR count). The molecule has 0 radical (unpaired) electrons. The molecule has 0 amide bonds. The minimum Gasteiger partial charge on any atom is -0.488 e. The van der Waals surface area contributed by atoms with Crippen LogP contribution in [0, 0.1) is 5.82 Å². The van der Waals surface area contributed by atoms with Gasteiger partial charge < -0.3 is 15.2 Å². The molecule has 0 saturated carbocycles. The molecule has 1 aromatic rings. The van der Waals surface area contributed by atoms with Gasteiger partial charge in [-0.25, -0.2) is 4.39 Å².